The molecule has 2 atom stereocenters. The van der Waals surface area contributed by atoms with Gasteiger partial charge in [-0.1, -0.05) is 60.1 Å². The van der Waals surface area contributed by atoms with Crippen LogP contribution < -0.4 is 11.1 Å². The Labute approximate surface area is 184 Å². The molecule has 2 aromatic carbocycles. The Morgan fingerprint density at radius 3 is 2.32 bits per heavy atom. The number of hydrogen-bond donors (Lipinski definition) is 4. The predicted molar refractivity (Wildman–Crippen MR) is 118 cm³/mol. The van der Waals surface area contributed by atoms with Crippen molar-refractivity contribution < 1.29 is 19.7 Å². The minimum Gasteiger partial charge on any atom is -0.449 e. The first-order valence-corrected chi connectivity index (χ1v) is 10.2. The summed E-state index contributed by atoms with van der Waals surface area (Å²) in [6.45, 7) is -0.0948. The number of hydrogen-bond acceptors (Lipinski definition) is 6. The largest absolute Gasteiger partial charge is 0.449 e. The van der Waals surface area contributed by atoms with E-state index in [0.717, 1.165) is 22.3 Å². The van der Waals surface area contributed by atoms with Crippen molar-refractivity contribution in [2.75, 3.05) is 18.9 Å². The number of alkyl carbamates (subject to hydrolysis) is 1. The molecule has 31 heavy (non-hydrogen) atoms. The van der Waals surface area contributed by atoms with Crippen molar-refractivity contribution in [3.63, 3.8) is 0 Å². The third kappa shape index (κ3) is 4.20. The molecule has 1 heterocycles. The normalized spacial score (nSPS) is 14.4. The first-order chi connectivity index (χ1) is 15.0. The Bertz CT molecular complexity index is 1040. The molecule has 1 amide bonds. The van der Waals surface area contributed by atoms with Crippen LogP contribution in [0.2, 0.25) is 5.15 Å². The lowest BCUT2D eigenvalue weighted by Gasteiger charge is -2.21. The van der Waals surface area contributed by atoms with Crippen molar-refractivity contribution in [3.05, 3.63) is 82.6 Å². The molecule has 1 aliphatic carbocycles. The summed E-state index contributed by atoms with van der Waals surface area (Å²) in [5, 5.41) is 23.0. The van der Waals surface area contributed by atoms with E-state index < -0.39 is 18.3 Å². The molecule has 7 nitrogen and oxygen atoms in total. The number of fused-ring (bicyclic) bond motifs is 3. The third-order valence-electron chi connectivity index (χ3n) is 5.43. The standard InChI is InChI=1S/C23H22ClN3O4/c24-22-20(18(25)9-10-26-22)21(29)19(28)11-27-23(30)31-12-17-15-7-3-1-5-13(15)14-6-2-4-8-16(14)17/h1-10,17,19,21,28-29H,11-12H2,(H2,25,26)(H,27,30). The van der Waals surface area contributed by atoms with Crippen LogP contribution in [-0.4, -0.2) is 40.5 Å². The van der Waals surface area contributed by atoms with Crippen LogP contribution >= 0.6 is 11.6 Å². The quantitative estimate of drug-likeness (QED) is 0.438. The first kappa shape index (κ1) is 21.1. The number of carbonyl (C=O) groups excluding carboxylic acids is 1. The second kappa shape index (κ2) is 8.93. The topological polar surface area (TPSA) is 118 Å². The van der Waals surface area contributed by atoms with Crippen LogP contribution in [0.5, 0.6) is 0 Å². The summed E-state index contributed by atoms with van der Waals surface area (Å²) in [5.41, 5.74) is 10.6. The molecular weight excluding hydrogens is 418 g/mol. The van der Waals surface area contributed by atoms with Crippen LogP contribution in [0.3, 0.4) is 0 Å². The van der Waals surface area contributed by atoms with Gasteiger partial charge in [0.2, 0.25) is 0 Å². The zero-order valence-corrected chi connectivity index (χ0v) is 17.3. The summed E-state index contributed by atoms with van der Waals surface area (Å²) in [4.78, 5) is 16.1. The Morgan fingerprint density at radius 2 is 1.71 bits per heavy atom. The van der Waals surface area contributed by atoms with E-state index in [0.29, 0.717) is 0 Å². The molecule has 0 saturated heterocycles. The van der Waals surface area contributed by atoms with Gasteiger partial charge >= 0.3 is 6.09 Å². The van der Waals surface area contributed by atoms with Crippen molar-refractivity contribution in [1.29, 1.82) is 0 Å². The van der Waals surface area contributed by atoms with Crippen LogP contribution in [0.4, 0.5) is 10.5 Å². The highest BCUT2D eigenvalue weighted by molar-refractivity contribution is 6.30. The zero-order valence-electron chi connectivity index (χ0n) is 16.5. The van der Waals surface area contributed by atoms with Gasteiger partial charge in [-0.15, -0.1) is 0 Å². The van der Waals surface area contributed by atoms with Gasteiger partial charge in [0.25, 0.3) is 0 Å². The molecule has 4 rings (SSSR count). The molecular formula is C23H22ClN3O4. The van der Waals surface area contributed by atoms with Gasteiger partial charge in [0.15, 0.2) is 0 Å². The molecule has 3 aromatic rings. The van der Waals surface area contributed by atoms with Crippen molar-refractivity contribution in [1.82, 2.24) is 10.3 Å². The van der Waals surface area contributed by atoms with Crippen LogP contribution in [0.15, 0.2) is 60.8 Å². The summed E-state index contributed by atoms with van der Waals surface area (Å²) >= 11 is 5.96. The van der Waals surface area contributed by atoms with E-state index in [4.69, 9.17) is 22.1 Å². The van der Waals surface area contributed by atoms with E-state index >= 15 is 0 Å². The number of aromatic nitrogens is 1. The Kier molecular flexibility index (Phi) is 6.08. The maximum atomic E-state index is 12.2. The molecule has 0 bridgehead atoms. The molecule has 160 valence electrons. The van der Waals surface area contributed by atoms with Gasteiger partial charge in [0, 0.05) is 29.9 Å². The van der Waals surface area contributed by atoms with Crippen LogP contribution in [0.1, 0.15) is 28.7 Å². The zero-order chi connectivity index (χ0) is 22.0. The van der Waals surface area contributed by atoms with Gasteiger partial charge in [-0.3, -0.25) is 0 Å². The number of nitrogen functional groups attached to an aromatic ring is 1. The van der Waals surface area contributed by atoms with Crippen molar-refractivity contribution >= 4 is 23.4 Å². The van der Waals surface area contributed by atoms with Gasteiger partial charge in [-0.05, 0) is 28.3 Å². The van der Waals surface area contributed by atoms with Crippen LogP contribution in [0, 0.1) is 0 Å². The number of benzene rings is 2. The number of pyridine rings is 1. The number of halogens is 1. The van der Waals surface area contributed by atoms with E-state index in [1.165, 1.54) is 12.3 Å². The van der Waals surface area contributed by atoms with Crippen LogP contribution in [0.25, 0.3) is 11.1 Å². The molecule has 1 aromatic heterocycles. The van der Waals surface area contributed by atoms with Crippen molar-refractivity contribution in [2.24, 2.45) is 0 Å². The van der Waals surface area contributed by atoms with E-state index in [1.807, 2.05) is 36.4 Å². The number of carbonyl (C=O) groups is 1. The highest BCUT2D eigenvalue weighted by Crippen LogP contribution is 2.44. The number of amides is 1. The molecule has 0 spiro atoms. The number of ether oxygens (including phenoxy) is 1. The number of nitrogens with one attached hydrogen (secondary N) is 1. The third-order valence-corrected chi connectivity index (χ3v) is 5.74. The van der Waals surface area contributed by atoms with E-state index in [1.54, 1.807) is 0 Å². The maximum absolute atomic E-state index is 12.2. The second-order valence-corrected chi connectivity index (χ2v) is 7.68. The van der Waals surface area contributed by atoms with Crippen LogP contribution in [-0.2, 0) is 4.74 Å². The van der Waals surface area contributed by atoms with Crippen molar-refractivity contribution in [3.8, 4) is 11.1 Å². The SMILES string of the molecule is Nc1ccnc(Cl)c1C(O)C(O)CNC(=O)OCC1c2ccccc2-c2ccccc21. The average Bonchev–Trinajstić information content (AvgIpc) is 3.09. The molecule has 0 radical (unpaired) electrons. The fraction of sp³-hybridized carbons (Fsp3) is 0.217. The number of nitrogens with zero attached hydrogens (tertiary/aromatic N) is 1. The number of nitrogens with two attached hydrogens (primary N) is 1. The number of rotatable bonds is 6. The van der Waals surface area contributed by atoms with Gasteiger partial charge in [0.05, 0.1) is 0 Å². The summed E-state index contributed by atoms with van der Waals surface area (Å²) < 4.78 is 5.42. The smallest absolute Gasteiger partial charge is 0.407 e. The van der Waals surface area contributed by atoms with E-state index in [-0.39, 0.29) is 35.5 Å². The summed E-state index contributed by atoms with van der Waals surface area (Å²) in [7, 11) is 0. The van der Waals surface area contributed by atoms with Gasteiger partial charge in [-0.25, -0.2) is 9.78 Å². The fourth-order valence-electron chi connectivity index (χ4n) is 3.90. The molecule has 8 heteroatoms. The summed E-state index contributed by atoms with van der Waals surface area (Å²) in [5.74, 6) is -0.0670. The van der Waals surface area contributed by atoms with Gasteiger partial charge < -0.3 is 26.0 Å². The molecule has 0 saturated carbocycles. The summed E-state index contributed by atoms with van der Waals surface area (Å²) in [6, 6.07) is 17.5. The van der Waals surface area contributed by atoms with E-state index in [9.17, 15) is 15.0 Å². The minimum atomic E-state index is -1.41. The molecule has 5 N–H and O–H groups in total. The lowest BCUT2D eigenvalue weighted by atomic mass is 9.98. The molecule has 0 fully saturated rings. The molecule has 2 unspecified atom stereocenters. The lowest BCUT2D eigenvalue weighted by molar-refractivity contribution is 0.0188. The Balaban J connectivity index is 1.36. The Morgan fingerprint density at radius 1 is 1.10 bits per heavy atom. The number of anilines is 1. The highest BCUT2D eigenvalue weighted by atomic mass is 35.5. The monoisotopic (exact) mass is 439 g/mol. The Hall–Kier alpha value is -3.13. The lowest BCUT2D eigenvalue weighted by Crippen LogP contribution is -2.36. The minimum absolute atomic E-state index is 0.00677. The number of aliphatic hydroxyl groups is 2. The average molecular weight is 440 g/mol. The van der Waals surface area contributed by atoms with Gasteiger partial charge in [0.1, 0.15) is 24.0 Å². The molecule has 0 aliphatic heterocycles. The number of aliphatic hydroxyl groups excluding tert-OH is 2. The van der Waals surface area contributed by atoms with Crippen molar-refractivity contribution in [2.45, 2.75) is 18.1 Å². The molecule has 1 aliphatic rings. The fourth-order valence-corrected chi connectivity index (χ4v) is 4.17. The maximum Gasteiger partial charge on any atom is 0.407 e. The predicted octanol–water partition coefficient (Wildman–Crippen LogP) is 3.25. The van der Waals surface area contributed by atoms with E-state index in [2.05, 4.69) is 22.4 Å². The highest BCUT2D eigenvalue weighted by Gasteiger charge is 2.29. The second-order valence-electron chi connectivity index (χ2n) is 7.32. The first-order valence-electron chi connectivity index (χ1n) is 9.82. The van der Waals surface area contributed by atoms with Gasteiger partial charge in [-0.2, -0.15) is 0 Å². The summed E-state index contributed by atoms with van der Waals surface area (Å²) in [6.07, 6.45) is -2.05.